The van der Waals surface area contributed by atoms with E-state index in [4.69, 9.17) is 31.9 Å². The van der Waals surface area contributed by atoms with Gasteiger partial charge in [0, 0.05) is 43.2 Å². The molecule has 0 aromatic heterocycles. The lowest BCUT2D eigenvalue weighted by Crippen LogP contribution is -2.56. The number of nitrogens with two attached hydrogens (primary N) is 3. The van der Waals surface area contributed by atoms with E-state index in [0.29, 0.717) is 44.9 Å². The number of nitrogens with one attached hydrogen (secondary N) is 4. The van der Waals surface area contributed by atoms with E-state index in [9.17, 15) is 24.0 Å². The fourth-order valence-corrected chi connectivity index (χ4v) is 6.80. The zero-order valence-corrected chi connectivity index (χ0v) is 34.7. The summed E-state index contributed by atoms with van der Waals surface area (Å²) in [6, 6.07) is 12.7. The summed E-state index contributed by atoms with van der Waals surface area (Å²) < 4.78 is 12.2. The van der Waals surface area contributed by atoms with Gasteiger partial charge in [-0.25, -0.2) is 0 Å². The first kappa shape index (κ1) is 46.4. The van der Waals surface area contributed by atoms with E-state index >= 15 is 0 Å². The average molecular weight is 824 g/mol. The summed E-state index contributed by atoms with van der Waals surface area (Å²) in [6.07, 6.45) is 6.07. The number of hydrogen-bond donors (Lipinski definition) is 7. The lowest BCUT2D eigenvalue weighted by Gasteiger charge is -2.32. The van der Waals surface area contributed by atoms with Crippen molar-refractivity contribution in [2.75, 3.05) is 46.4 Å². The number of nitrogens with zero attached hydrogens (tertiary/aromatic N) is 2. The Morgan fingerprint density at radius 3 is 2.27 bits per heavy atom. The van der Waals surface area contributed by atoms with Gasteiger partial charge in [-0.2, -0.15) is 5.26 Å². The minimum Gasteiger partial charge on any atom is -0.492 e. The molecule has 16 heteroatoms. The highest BCUT2D eigenvalue weighted by Gasteiger charge is 2.36. The minimum atomic E-state index is -1.36. The Balaban J connectivity index is 1.84. The van der Waals surface area contributed by atoms with Gasteiger partial charge in [-0.05, 0) is 85.8 Å². The van der Waals surface area contributed by atoms with Gasteiger partial charge >= 0.3 is 0 Å². The molecule has 3 aromatic rings. The Kier molecular flexibility index (Phi) is 17.6. The highest BCUT2D eigenvalue weighted by molar-refractivity contribution is 6.00. The Hall–Kier alpha value is -6.28. The summed E-state index contributed by atoms with van der Waals surface area (Å²) >= 11 is 0. The van der Waals surface area contributed by atoms with Crippen LogP contribution in [0.4, 0.5) is 0 Å². The van der Waals surface area contributed by atoms with Crippen LogP contribution in [0.2, 0.25) is 0 Å². The number of aryl methyl sites for hydroxylation is 1. The smallest absolute Gasteiger partial charge is 0.252 e. The number of benzene rings is 3. The number of carbonyl (C=O) groups excluding carboxylic acids is 5. The number of nitriles is 1. The van der Waals surface area contributed by atoms with Crippen LogP contribution in [-0.2, 0) is 25.6 Å². The number of rotatable bonds is 17. The molecule has 16 nitrogen and oxygen atoms in total. The molecule has 0 unspecified atom stereocenters. The van der Waals surface area contributed by atoms with Crippen molar-refractivity contribution in [2.45, 2.75) is 70.6 Å². The monoisotopic (exact) mass is 823 g/mol. The molecule has 0 spiro atoms. The van der Waals surface area contributed by atoms with Gasteiger partial charge in [-0.15, -0.1) is 0 Å². The predicted molar refractivity (Wildman–Crippen MR) is 228 cm³/mol. The summed E-state index contributed by atoms with van der Waals surface area (Å²) in [5, 5.41) is 19.9. The number of unbranched alkanes of at least 4 members (excludes halogenated alkanes) is 1. The molecule has 1 aliphatic rings. The first-order valence-electron chi connectivity index (χ1n) is 20.1. The Morgan fingerprint density at radius 1 is 0.950 bits per heavy atom. The van der Waals surface area contributed by atoms with E-state index in [2.05, 4.69) is 34.3 Å². The van der Waals surface area contributed by atoms with Crippen molar-refractivity contribution < 1.29 is 33.4 Å². The topological polar surface area (TPSA) is 257 Å². The van der Waals surface area contributed by atoms with E-state index in [1.807, 2.05) is 31.2 Å². The second-order valence-corrected chi connectivity index (χ2v) is 14.5. The highest BCUT2D eigenvalue weighted by atomic mass is 16.5. The molecule has 0 saturated carbocycles. The van der Waals surface area contributed by atoms with Gasteiger partial charge in [0.2, 0.25) is 23.6 Å². The molecule has 0 saturated heterocycles. The van der Waals surface area contributed by atoms with Crippen LogP contribution in [-0.4, -0.2) is 99.0 Å². The van der Waals surface area contributed by atoms with Crippen molar-refractivity contribution in [3.63, 3.8) is 0 Å². The third-order valence-electron chi connectivity index (χ3n) is 9.87. The second-order valence-electron chi connectivity index (χ2n) is 14.5. The molecular formula is C44H57N9O7. The van der Waals surface area contributed by atoms with Gasteiger partial charge in [0.15, 0.2) is 0 Å². The van der Waals surface area contributed by atoms with Crippen LogP contribution < -0.4 is 47.9 Å². The van der Waals surface area contributed by atoms with E-state index in [0.717, 1.165) is 18.4 Å². The van der Waals surface area contributed by atoms with Crippen molar-refractivity contribution in [1.29, 1.82) is 5.26 Å². The largest absolute Gasteiger partial charge is 0.492 e. The number of likely N-dealkylation sites (N-methyl/N-ethyl adjacent to an activating group) is 1. The molecule has 4 atom stereocenters. The van der Waals surface area contributed by atoms with Gasteiger partial charge in [0.25, 0.3) is 5.91 Å². The predicted octanol–water partition coefficient (Wildman–Crippen LogP) is 1.98. The SMILES string of the molecule is CCC/C=C\c1ccc(C(=O)N[C@@H](CCN)C(=O)N(C)[C@@H]2C(=O)N[C@@H](C)C(=O)N[C@H](C(=O)NCC#N)Cc3ccc(OCCN)c(c3)-c3cc2ccc3OCCN)c(C)c1. The van der Waals surface area contributed by atoms with E-state index in [1.165, 1.54) is 18.9 Å². The van der Waals surface area contributed by atoms with E-state index < -0.39 is 53.7 Å². The third kappa shape index (κ3) is 12.1. The third-order valence-corrected chi connectivity index (χ3v) is 9.87. The highest BCUT2D eigenvalue weighted by Crippen LogP contribution is 2.40. The summed E-state index contributed by atoms with van der Waals surface area (Å²) in [5.74, 6) is -2.33. The lowest BCUT2D eigenvalue weighted by atomic mass is 9.93. The fraction of sp³-hybridized carbons (Fsp3) is 0.409. The Labute approximate surface area is 351 Å². The number of allylic oxidation sites excluding steroid dienone is 1. The summed E-state index contributed by atoms with van der Waals surface area (Å²) in [5.41, 5.74) is 21.6. The molecule has 60 heavy (non-hydrogen) atoms. The number of carbonyl (C=O) groups is 5. The van der Waals surface area contributed by atoms with Gasteiger partial charge in [-0.1, -0.05) is 49.8 Å². The van der Waals surface area contributed by atoms with Crippen LogP contribution >= 0.6 is 0 Å². The Bertz CT molecular complexity index is 2080. The summed E-state index contributed by atoms with van der Waals surface area (Å²) in [4.78, 5) is 70.9. The summed E-state index contributed by atoms with van der Waals surface area (Å²) in [7, 11) is 1.43. The Morgan fingerprint density at radius 2 is 1.63 bits per heavy atom. The quantitative estimate of drug-likeness (QED) is 0.0969. The van der Waals surface area contributed by atoms with Crippen molar-refractivity contribution in [2.24, 2.45) is 17.2 Å². The van der Waals surface area contributed by atoms with E-state index in [-0.39, 0.29) is 52.2 Å². The average Bonchev–Trinajstić information content (AvgIpc) is 3.23. The fourth-order valence-electron chi connectivity index (χ4n) is 6.80. The van der Waals surface area contributed by atoms with Crippen LogP contribution in [0.3, 0.4) is 0 Å². The molecule has 10 N–H and O–H groups in total. The number of ether oxygens (including phenoxy) is 2. The molecular weight excluding hydrogens is 767 g/mol. The normalized spacial score (nSPS) is 17.0. The lowest BCUT2D eigenvalue weighted by molar-refractivity contribution is -0.141. The minimum absolute atomic E-state index is 0.0142. The summed E-state index contributed by atoms with van der Waals surface area (Å²) in [6.45, 7) is 5.82. The standard InChI is InChI=1S/C44H57N9O7/c1-5-6-7-8-29-9-12-32(27(2)23-29)41(55)51-35(15-16-45)44(58)53(4)39-31-11-14-38(60-22-19-48)34(26-31)33-24-30(10-13-37(33)59-21-18-47)25-36(42(56)49-20-17-46)52-40(54)28(3)50-43(39)57/h7-14,23-24,26,28,35-36,39H,5-6,15-16,18-22,25,45,47-48H2,1-4H3,(H,49,56)(H,50,57)(H,51,55)(H,52,54)/b8-7-/t28-,35-,36-,39-/m0/s1. The van der Waals surface area contributed by atoms with Crippen molar-refractivity contribution in [3.05, 3.63) is 88.5 Å². The zero-order chi connectivity index (χ0) is 43.8. The van der Waals surface area contributed by atoms with Gasteiger partial charge in [0.1, 0.15) is 55.4 Å². The maximum atomic E-state index is 14.5. The molecule has 4 rings (SSSR count). The first-order chi connectivity index (χ1) is 28.9. The van der Waals surface area contributed by atoms with Crippen molar-refractivity contribution in [3.8, 4) is 28.7 Å². The molecule has 320 valence electrons. The number of fused-ring (bicyclic) bond motifs is 5. The van der Waals surface area contributed by atoms with Crippen LogP contribution in [0.15, 0.2) is 60.7 Å². The van der Waals surface area contributed by atoms with Crippen LogP contribution in [0, 0.1) is 18.3 Å². The first-order valence-corrected chi connectivity index (χ1v) is 20.1. The zero-order valence-electron chi connectivity index (χ0n) is 34.7. The van der Waals surface area contributed by atoms with Crippen molar-refractivity contribution in [1.82, 2.24) is 26.2 Å². The number of hydrogen-bond acceptors (Lipinski definition) is 11. The van der Waals surface area contributed by atoms with Crippen LogP contribution in [0.5, 0.6) is 11.5 Å². The van der Waals surface area contributed by atoms with Gasteiger partial charge in [0.05, 0.1) is 6.07 Å². The molecule has 1 heterocycles. The van der Waals surface area contributed by atoms with Gasteiger partial charge in [-0.3, -0.25) is 24.0 Å². The molecule has 3 aromatic carbocycles. The van der Waals surface area contributed by atoms with Crippen LogP contribution in [0.1, 0.15) is 71.8 Å². The maximum absolute atomic E-state index is 14.5. The molecule has 5 amide bonds. The molecule has 0 fully saturated rings. The molecule has 0 radical (unpaired) electrons. The van der Waals surface area contributed by atoms with Crippen LogP contribution in [0.25, 0.3) is 17.2 Å². The second kappa shape index (κ2) is 22.8. The van der Waals surface area contributed by atoms with E-state index in [1.54, 1.807) is 42.5 Å². The van der Waals surface area contributed by atoms with Crippen molar-refractivity contribution >= 4 is 35.6 Å². The maximum Gasteiger partial charge on any atom is 0.252 e. The van der Waals surface area contributed by atoms with Gasteiger partial charge < -0.3 is 52.8 Å². The molecule has 4 bridgehead atoms. The number of amides is 5. The molecule has 1 aliphatic heterocycles. The molecule has 0 aliphatic carbocycles.